The summed E-state index contributed by atoms with van der Waals surface area (Å²) in [5.41, 5.74) is 1.13. The van der Waals surface area contributed by atoms with Crippen molar-refractivity contribution in [3.63, 3.8) is 0 Å². The number of hydrogen-bond acceptors (Lipinski definition) is 6. The smallest absolute Gasteiger partial charge is 0.271 e. The third-order valence-corrected chi connectivity index (χ3v) is 5.71. The van der Waals surface area contributed by atoms with E-state index in [-0.39, 0.29) is 29.5 Å². The molecule has 3 heterocycles. The zero-order chi connectivity index (χ0) is 22.2. The molecule has 0 aliphatic heterocycles. The summed E-state index contributed by atoms with van der Waals surface area (Å²) in [5.74, 6) is -3.60. The molecule has 0 atom stereocenters. The first-order valence-electron chi connectivity index (χ1n) is 9.20. The van der Waals surface area contributed by atoms with E-state index < -0.39 is 11.7 Å². The number of aromatic nitrogens is 4. The summed E-state index contributed by atoms with van der Waals surface area (Å²) < 4.78 is 48.3. The fourth-order valence-corrected chi connectivity index (χ4v) is 3.97. The highest BCUT2D eigenvalue weighted by Gasteiger charge is 2.25. The number of imidazole rings is 1. The second-order valence-corrected chi connectivity index (χ2v) is 8.18. The Hall–Kier alpha value is -2.69. The first kappa shape index (κ1) is 21.5. The summed E-state index contributed by atoms with van der Waals surface area (Å²) in [6, 6.07) is 5.38. The quantitative estimate of drug-likeness (QED) is 0.378. The van der Waals surface area contributed by atoms with Crippen molar-refractivity contribution in [2.75, 3.05) is 13.2 Å². The highest BCUT2D eigenvalue weighted by molar-refractivity contribution is 7.18. The van der Waals surface area contributed by atoms with Crippen LogP contribution in [0.4, 0.5) is 13.2 Å². The Bertz CT molecular complexity index is 1240. The molecule has 0 bridgehead atoms. The van der Waals surface area contributed by atoms with E-state index in [1.54, 1.807) is 6.20 Å². The van der Waals surface area contributed by atoms with E-state index >= 15 is 0 Å². The van der Waals surface area contributed by atoms with E-state index in [0.717, 1.165) is 18.3 Å². The van der Waals surface area contributed by atoms with Gasteiger partial charge < -0.3 is 14.2 Å². The van der Waals surface area contributed by atoms with Gasteiger partial charge in [-0.05, 0) is 18.2 Å². The van der Waals surface area contributed by atoms with Crippen molar-refractivity contribution in [3.05, 3.63) is 53.1 Å². The molecule has 0 saturated heterocycles. The number of pyridine rings is 1. The Balaban J connectivity index is 1.63. The third-order valence-electron chi connectivity index (χ3n) is 4.41. The SMILES string of the molecule is CC(F)(F)c1ccc2nc(-c3nnc(-c4cc(F)c(OCCCO)cc4Cl)s3)cn2c1. The predicted molar refractivity (Wildman–Crippen MR) is 111 cm³/mol. The normalized spacial score (nSPS) is 11.9. The van der Waals surface area contributed by atoms with Gasteiger partial charge in [-0.25, -0.2) is 18.2 Å². The van der Waals surface area contributed by atoms with Gasteiger partial charge in [-0.1, -0.05) is 22.9 Å². The molecule has 11 heteroatoms. The molecule has 6 nitrogen and oxygen atoms in total. The fourth-order valence-electron chi connectivity index (χ4n) is 2.84. The maximum atomic E-state index is 14.4. The molecule has 0 amide bonds. The molecule has 0 saturated carbocycles. The van der Waals surface area contributed by atoms with Crippen LogP contribution in [0.5, 0.6) is 5.75 Å². The lowest BCUT2D eigenvalue weighted by molar-refractivity contribution is 0.0170. The molecule has 31 heavy (non-hydrogen) atoms. The molecule has 4 aromatic rings. The van der Waals surface area contributed by atoms with E-state index in [4.69, 9.17) is 21.4 Å². The fraction of sp³-hybridized carbons (Fsp3) is 0.250. The van der Waals surface area contributed by atoms with Crippen LogP contribution < -0.4 is 4.74 Å². The average molecular weight is 469 g/mol. The van der Waals surface area contributed by atoms with E-state index in [1.165, 1.54) is 34.9 Å². The van der Waals surface area contributed by atoms with Crippen molar-refractivity contribution in [2.45, 2.75) is 19.3 Å². The van der Waals surface area contributed by atoms with Gasteiger partial charge in [-0.2, -0.15) is 0 Å². The maximum absolute atomic E-state index is 14.4. The topological polar surface area (TPSA) is 72.5 Å². The molecule has 3 aromatic heterocycles. The van der Waals surface area contributed by atoms with Crippen LogP contribution in [-0.2, 0) is 5.92 Å². The molecule has 1 N–H and O–H groups in total. The van der Waals surface area contributed by atoms with Crippen LogP contribution in [0.15, 0.2) is 36.7 Å². The number of nitrogens with zero attached hydrogens (tertiary/aromatic N) is 4. The van der Waals surface area contributed by atoms with Gasteiger partial charge in [0.2, 0.25) is 0 Å². The molecule has 0 spiro atoms. The van der Waals surface area contributed by atoms with Crippen molar-refractivity contribution in [3.8, 4) is 27.0 Å². The lowest BCUT2D eigenvalue weighted by atomic mass is 10.2. The largest absolute Gasteiger partial charge is 0.490 e. The Kier molecular flexibility index (Phi) is 5.87. The molecule has 0 fully saturated rings. The van der Waals surface area contributed by atoms with Crippen LogP contribution in [0.25, 0.3) is 26.9 Å². The molecule has 0 aliphatic rings. The summed E-state index contributed by atoms with van der Waals surface area (Å²) in [4.78, 5) is 4.39. The summed E-state index contributed by atoms with van der Waals surface area (Å²) in [6.07, 6.45) is 3.26. The minimum Gasteiger partial charge on any atom is -0.490 e. The maximum Gasteiger partial charge on any atom is 0.271 e. The lowest BCUT2D eigenvalue weighted by Gasteiger charge is -2.09. The van der Waals surface area contributed by atoms with Gasteiger partial charge >= 0.3 is 0 Å². The number of ether oxygens (including phenoxy) is 1. The van der Waals surface area contributed by atoms with Crippen molar-refractivity contribution >= 4 is 28.6 Å². The minimum absolute atomic E-state index is 0.0178. The van der Waals surface area contributed by atoms with Crippen molar-refractivity contribution in [1.29, 1.82) is 0 Å². The van der Waals surface area contributed by atoms with Gasteiger partial charge in [-0.15, -0.1) is 10.2 Å². The summed E-state index contributed by atoms with van der Waals surface area (Å²) >= 11 is 7.42. The highest BCUT2D eigenvalue weighted by Crippen LogP contribution is 2.37. The summed E-state index contributed by atoms with van der Waals surface area (Å²) in [7, 11) is 0. The number of rotatable bonds is 7. The molecule has 0 radical (unpaired) electrons. The van der Waals surface area contributed by atoms with Crippen LogP contribution in [0.2, 0.25) is 5.02 Å². The van der Waals surface area contributed by atoms with Gasteiger partial charge in [-0.3, -0.25) is 0 Å². The van der Waals surface area contributed by atoms with E-state index in [1.807, 2.05) is 0 Å². The van der Waals surface area contributed by atoms with Gasteiger partial charge in [0.05, 0.1) is 11.6 Å². The summed E-state index contributed by atoms with van der Waals surface area (Å²) in [5, 5.41) is 18.0. The first-order chi connectivity index (χ1) is 14.8. The molecular weight excluding hydrogens is 453 g/mol. The van der Waals surface area contributed by atoms with Gasteiger partial charge in [0.25, 0.3) is 5.92 Å². The number of hydrogen-bond donors (Lipinski definition) is 1. The van der Waals surface area contributed by atoms with Crippen LogP contribution in [0.1, 0.15) is 18.9 Å². The Morgan fingerprint density at radius 1 is 1.19 bits per heavy atom. The number of benzene rings is 1. The van der Waals surface area contributed by atoms with Crippen LogP contribution in [0, 0.1) is 5.82 Å². The molecule has 4 rings (SSSR count). The van der Waals surface area contributed by atoms with Crippen molar-refractivity contribution < 1.29 is 23.0 Å². The van der Waals surface area contributed by atoms with Crippen LogP contribution >= 0.6 is 22.9 Å². The van der Waals surface area contributed by atoms with E-state index in [9.17, 15) is 13.2 Å². The third kappa shape index (κ3) is 4.51. The monoisotopic (exact) mass is 468 g/mol. The zero-order valence-electron chi connectivity index (χ0n) is 16.1. The van der Waals surface area contributed by atoms with Crippen molar-refractivity contribution in [2.24, 2.45) is 0 Å². The van der Waals surface area contributed by atoms with E-state index in [2.05, 4.69) is 15.2 Å². The standard InChI is InChI=1S/C20H16ClF3N4O2S/c1-20(23,24)11-3-4-17-25-15(10-28(17)9-11)19-27-26-18(31-19)12-7-14(22)16(8-13(12)21)30-6-2-5-29/h3-4,7-10,29H,2,5-6H2,1H3. The lowest BCUT2D eigenvalue weighted by Crippen LogP contribution is -2.07. The number of alkyl halides is 2. The Labute approximate surface area is 183 Å². The number of aliphatic hydroxyl groups excluding tert-OH is 1. The van der Waals surface area contributed by atoms with Gasteiger partial charge in [0.1, 0.15) is 16.3 Å². The molecular formula is C20H16ClF3N4O2S. The number of aliphatic hydroxyl groups is 1. The highest BCUT2D eigenvalue weighted by atomic mass is 35.5. The van der Waals surface area contributed by atoms with Crippen LogP contribution in [-0.4, -0.2) is 37.9 Å². The molecule has 1 aromatic carbocycles. The van der Waals surface area contributed by atoms with E-state index in [0.29, 0.717) is 33.3 Å². The summed E-state index contributed by atoms with van der Waals surface area (Å²) in [6.45, 7) is 0.923. The second kappa shape index (κ2) is 8.45. The first-order valence-corrected chi connectivity index (χ1v) is 10.4. The van der Waals surface area contributed by atoms with Crippen LogP contribution in [0.3, 0.4) is 0 Å². The number of fused-ring (bicyclic) bond motifs is 1. The molecule has 0 aliphatic carbocycles. The Morgan fingerprint density at radius 2 is 1.97 bits per heavy atom. The van der Waals surface area contributed by atoms with Gasteiger partial charge in [0.15, 0.2) is 16.6 Å². The average Bonchev–Trinajstić information content (AvgIpc) is 3.36. The second-order valence-electron chi connectivity index (χ2n) is 6.80. The van der Waals surface area contributed by atoms with Crippen molar-refractivity contribution in [1.82, 2.24) is 19.6 Å². The zero-order valence-corrected chi connectivity index (χ0v) is 17.7. The number of halogens is 4. The molecule has 162 valence electrons. The molecule has 0 unspecified atom stereocenters. The Morgan fingerprint density at radius 3 is 2.71 bits per heavy atom. The predicted octanol–water partition coefficient (Wildman–Crippen LogP) is 5.19. The minimum atomic E-state index is -2.97. The van der Waals surface area contributed by atoms with Gasteiger partial charge in [0, 0.05) is 49.5 Å².